The van der Waals surface area contributed by atoms with Gasteiger partial charge in [-0.05, 0) is 17.1 Å². The lowest BCUT2D eigenvalue weighted by Gasteiger charge is -2.17. The third-order valence-corrected chi connectivity index (χ3v) is 3.79. The predicted molar refractivity (Wildman–Crippen MR) is 55.0 cm³/mol. The van der Waals surface area contributed by atoms with Crippen molar-refractivity contribution in [2.24, 2.45) is 0 Å². The van der Waals surface area contributed by atoms with E-state index in [0.717, 1.165) is 19.3 Å². The maximum Gasteiger partial charge on any atom is 0.516 e. The summed E-state index contributed by atoms with van der Waals surface area (Å²) in [5.41, 5.74) is 0. The molecule has 0 bridgehead atoms. The average Bonchev–Trinajstić information content (AvgIpc) is 2.16. The zero-order valence-electron chi connectivity index (χ0n) is 7.94. The molecule has 3 heteroatoms. The Morgan fingerprint density at radius 1 is 1.54 bits per heavy atom. The van der Waals surface area contributed by atoms with E-state index in [4.69, 9.17) is 0 Å². The van der Waals surface area contributed by atoms with Crippen molar-refractivity contribution in [3.63, 3.8) is 0 Å². The van der Waals surface area contributed by atoms with Crippen LogP contribution in [0.1, 0.15) is 32.6 Å². The molecule has 0 aromatic carbocycles. The van der Waals surface area contributed by atoms with E-state index in [-0.39, 0.29) is 0 Å². The molecular weight excluding hydrogens is 183 g/mol. The van der Waals surface area contributed by atoms with Crippen molar-refractivity contribution in [2.75, 3.05) is 0 Å². The third-order valence-electron chi connectivity index (χ3n) is 2.47. The van der Waals surface area contributed by atoms with Crippen LogP contribution in [0, 0.1) is 0 Å². The molecular formula is C10H16O2P+. The average molecular weight is 199 g/mol. The molecule has 0 spiro atoms. The lowest BCUT2D eigenvalue weighted by Crippen LogP contribution is -2.21. The van der Waals surface area contributed by atoms with Gasteiger partial charge in [0.05, 0.1) is 0 Å². The van der Waals surface area contributed by atoms with Gasteiger partial charge in [0.15, 0.2) is 0 Å². The van der Waals surface area contributed by atoms with Gasteiger partial charge < -0.3 is 0 Å². The molecule has 2 nitrogen and oxygen atoms in total. The quantitative estimate of drug-likeness (QED) is 0.706. The number of rotatable bonds is 4. The second-order valence-electron chi connectivity index (χ2n) is 3.47. The number of hydrogen-bond donors (Lipinski definition) is 1. The largest absolute Gasteiger partial charge is 0.516 e. The van der Waals surface area contributed by atoms with Gasteiger partial charge in [0.2, 0.25) is 5.16 Å². The first kappa shape index (κ1) is 10.6. The molecule has 0 saturated carbocycles. The van der Waals surface area contributed by atoms with E-state index in [1.165, 1.54) is 0 Å². The van der Waals surface area contributed by atoms with Gasteiger partial charge in [-0.25, -0.2) is 0 Å². The summed E-state index contributed by atoms with van der Waals surface area (Å²) in [7, 11) is -2.10. The Kier molecular flexibility index (Phi) is 3.83. The lowest BCUT2D eigenvalue weighted by molar-refractivity contribution is 0.451. The number of allylic oxidation sites excluding steroid dienone is 4. The fraction of sp³-hybridized carbons (Fsp3) is 0.600. The summed E-state index contributed by atoms with van der Waals surface area (Å²) in [6.45, 7) is 2.10. The number of hydrogen-bond acceptors (Lipinski definition) is 1. The Balaban J connectivity index is 2.70. The van der Waals surface area contributed by atoms with E-state index in [2.05, 4.69) is 6.92 Å². The highest BCUT2D eigenvalue weighted by atomic mass is 31.1. The summed E-state index contributed by atoms with van der Waals surface area (Å²) in [5.74, 6) is 0. The summed E-state index contributed by atoms with van der Waals surface area (Å²) in [4.78, 5) is 9.28. The fourth-order valence-corrected chi connectivity index (χ4v) is 2.38. The van der Waals surface area contributed by atoms with E-state index in [1.54, 1.807) is 0 Å². The van der Waals surface area contributed by atoms with Crippen molar-refractivity contribution in [3.05, 3.63) is 24.3 Å². The van der Waals surface area contributed by atoms with Gasteiger partial charge in [-0.3, -0.25) is 0 Å². The molecule has 0 aromatic rings. The maximum atomic E-state index is 11.2. The standard InChI is InChI=1S/C10H15O2P/c1-2-3-7-10(13(11)12)8-5-4-6-9-10/h4-6,8H,2-3,7,9H2,1H3/p+1. The van der Waals surface area contributed by atoms with Crippen LogP contribution < -0.4 is 0 Å². The summed E-state index contributed by atoms with van der Waals surface area (Å²) < 4.78 is 11.2. The monoisotopic (exact) mass is 199 g/mol. The molecule has 1 aliphatic carbocycles. The van der Waals surface area contributed by atoms with E-state index in [1.807, 2.05) is 24.3 Å². The van der Waals surface area contributed by atoms with E-state index in [9.17, 15) is 9.46 Å². The van der Waals surface area contributed by atoms with Gasteiger partial charge in [0.1, 0.15) is 0 Å². The molecule has 1 N–H and O–H groups in total. The lowest BCUT2D eigenvalue weighted by atomic mass is 9.94. The van der Waals surface area contributed by atoms with Gasteiger partial charge in [0, 0.05) is 12.8 Å². The highest BCUT2D eigenvalue weighted by Gasteiger charge is 2.45. The van der Waals surface area contributed by atoms with Crippen LogP contribution in [-0.2, 0) is 4.57 Å². The molecule has 0 amide bonds. The predicted octanol–water partition coefficient (Wildman–Crippen LogP) is 3.17. The van der Waals surface area contributed by atoms with Crippen molar-refractivity contribution in [3.8, 4) is 0 Å². The van der Waals surface area contributed by atoms with Crippen LogP contribution in [0.5, 0.6) is 0 Å². The Morgan fingerprint density at radius 3 is 2.77 bits per heavy atom. The fourth-order valence-electron chi connectivity index (χ4n) is 1.56. The van der Waals surface area contributed by atoms with Gasteiger partial charge in [-0.1, -0.05) is 31.6 Å². The molecule has 0 radical (unpaired) electrons. The highest BCUT2D eigenvalue weighted by molar-refractivity contribution is 7.40. The van der Waals surface area contributed by atoms with Crippen LogP contribution in [-0.4, -0.2) is 10.0 Å². The van der Waals surface area contributed by atoms with E-state index in [0.29, 0.717) is 6.42 Å². The first-order valence-corrected chi connectivity index (χ1v) is 5.93. The van der Waals surface area contributed by atoms with Crippen molar-refractivity contribution in [2.45, 2.75) is 37.8 Å². The second-order valence-corrected chi connectivity index (χ2v) is 4.91. The normalized spacial score (nSPS) is 27.7. The van der Waals surface area contributed by atoms with Gasteiger partial charge in [0.25, 0.3) is 0 Å². The molecule has 72 valence electrons. The minimum Gasteiger partial charge on any atom is -0.160 e. The summed E-state index contributed by atoms with van der Waals surface area (Å²) in [6, 6.07) is 0. The third kappa shape index (κ3) is 2.49. The molecule has 1 rings (SSSR count). The van der Waals surface area contributed by atoms with E-state index < -0.39 is 13.2 Å². The molecule has 0 heterocycles. The topological polar surface area (TPSA) is 37.3 Å². The minimum absolute atomic E-state index is 0.472. The van der Waals surface area contributed by atoms with Crippen LogP contribution in [0.4, 0.5) is 0 Å². The molecule has 2 atom stereocenters. The van der Waals surface area contributed by atoms with Crippen LogP contribution >= 0.6 is 8.03 Å². The van der Waals surface area contributed by atoms with Crippen LogP contribution in [0.3, 0.4) is 0 Å². The zero-order valence-corrected chi connectivity index (χ0v) is 8.83. The van der Waals surface area contributed by atoms with Crippen LogP contribution in [0.2, 0.25) is 0 Å². The maximum absolute atomic E-state index is 11.2. The van der Waals surface area contributed by atoms with Gasteiger partial charge in [-0.15, -0.1) is 0 Å². The smallest absolute Gasteiger partial charge is 0.160 e. The molecule has 2 unspecified atom stereocenters. The molecule has 1 aliphatic rings. The molecule has 0 fully saturated rings. The Hall–Kier alpha value is -0.460. The first-order chi connectivity index (χ1) is 6.21. The first-order valence-electron chi connectivity index (χ1n) is 4.72. The van der Waals surface area contributed by atoms with E-state index >= 15 is 0 Å². The van der Waals surface area contributed by atoms with Gasteiger partial charge in [-0.2, -0.15) is 4.89 Å². The minimum atomic E-state index is -2.10. The summed E-state index contributed by atoms with van der Waals surface area (Å²) in [5, 5.41) is -0.472. The summed E-state index contributed by atoms with van der Waals surface area (Å²) >= 11 is 0. The number of unbranched alkanes of at least 4 members (excludes halogenated alkanes) is 1. The molecule has 0 aliphatic heterocycles. The zero-order chi connectivity index (χ0) is 9.73. The molecule has 0 saturated heterocycles. The summed E-state index contributed by atoms with van der Waals surface area (Å²) in [6.07, 6.45) is 11.3. The van der Waals surface area contributed by atoms with Crippen LogP contribution in [0.25, 0.3) is 0 Å². The molecule has 13 heavy (non-hydrogen) atoms. The highest BCUT2D eigenvalue weighted by Crippen LogP contribution is 2.45. The van der Waals surface area contributed by atoms with Crippen molar-refractivity contribution in [1.82, 2.24) is 0 Å². The molecule has 0 aromatic heterocycles. The van der Waals surface area contributed by atoms with Gasteiger partial charge >= 0.3 is 8.03 Å². The Bertz CT molecular complexity index is 245. The van der Waals surface area contributed by atoms with Crippen molar-refractivity contribution < 1.29 is 9.46 Å². The van der Waals surface area contributed by atoms with Crippen molar-refractivity contribution in [1.29, 1.82) is 0 Å². The second kappa shape index (κ2) is 4.69. The Morgan fingerprint density at radius 2 is 2.31 bits per heavy atom. The van der Waals surface area contributed by atoms with Crippen LogP contribution in [0.15, 0.2) is 24.3 Å². The SMILES string of the molecule is CCCCC1([P+](=O)O)C=CC=CC1. The Labute approximate surface area is 80.2 Å². The van der Waals surface area contributed by atoms with Crippen molar-refractivity contribution >= 4 is 8.03 Å².